The fourth-order valence-electron chi connectivity index (χ4n) is 5.34. The van der Waals surface area contributed by atoms with Crippen LogP contribution in [-0.2, 0) is 0 Å². The third-order valence-electron chi connectivity index (χ3n) is 7.32. The second-order valence-electron chi connectivity index (χ2n) is 9.85. The molecule has 0 atom stereocenters. The molecule has 6 rings (SSSR count). The van der Waals surface area contributed by atoms with Gasteiger partial charge in [0.05, 0.1) is 43.0 Å². The van der Waals surface area contributed by atoms with Crippen LogP contribution in [0, 0.1) is 40.5 Å². The lowest BCUT2D eigenvalue weighted by Gasteiger charge is -2.18. The average molecular weight is 603 g/mol. The molecule has 0 spiro atoms. The molecule has 0 aromatic heterocycles. The largest absolute Gasteiger partial charge is 0.456 e. The summed E-state index contributed by atoms with van der Waals surface area (Å²) in [6.45, 7) is 0. The van der Waals surface area contributed by atoms with Crippen molar-refractivity contribution in [1.82, 2.24) is 0 Å². The molecule has 0 heterocycles. The predicted octanol–water partition coefficient (Wildman–Crippen LogP) is 8.75. The molecule has 220 valence electrons. The van der Waals surface area contributed by atoms with Crippen LogP contribution < -0.4 is 4.74 Å². The molecule has 6 aromatic rings. The molecule has 6 aromatic carbocycles. The molecular weight excluding hydrogens is 584 g/mol. The van der Waals surface area contributed by atoms with Gasteiger partial charge in [0.15, 0.2) is 0 Å². The summed E-state index contributed by atoms with van der Waals surface area (Å²) in [4.78, 5) is 44.3. The summed E-state index contributed by atoms with van der Waals surface area (Å²) < 4.78 is 6.48. The highest BCUT2D eigenvalue weighted by Gasteiger charge is 2.27. The molecule has 0 amide bonds. The van der Waals surface area contributed by atoms with Crippen LogP contribution in [0.25, 0.3) is 43.8 Å². The number of ether oxygens (including phenoxy) is 1. The van der Waals surface area contributed by atoms with Gasteiger partial charge in [0, 0.05) is 23.3 Å². The quantitative estimate of drug-likeness (QED) is 0.121. The summed E-state index contributed by atoms with van der Waals surface area (Å²) in [5.41, 5.74) is -1.31. The van der Waals surface area contributed by atoms with E-state index in [-0.39, 0.29) is 33.8 Å². The lowest BCUT2D eigenvalue weighted by atomic mass is 9.94. The molecular formula is C32H18N4O9. The molecule has 0 saturated heterocycles. The predicted molar refractivity (Wildman–Crippen MR) is 165 cm³/mol. The number of fused-ring (bicyclic) bond motifs is 2. The van der Waals surface area contributed by atoms with E-state index in [9.17, 15) is 40.5 Å². The van der Waals surface area contributed by atoms with Gasteiger partial charge in [-0.05, 0) is 45.8 Å². The molecule has 0 bridgehead atoms. The van der Waals surface area contributed by atoms with Gasteiger partial charge in [-0.2, -0.15) is 0 Å². The monoisotopic (exact) mass is 602 g/mol. The summed E-state index contributed by atoms with van der Waals surface area (Å²) in [5.74, 6) is 0.262. The number of nitrogens with zero attached hydrogens (tertiary/aromatic N) is 4. The van der Waals surface area contributed by atoms with Crippen LogP contribution >= 0.6 is 0 Å². The highest BCUT2D eigenvalue weighted by Crippen LogP contribution is 2.48. The number of rotatable bonds is 8. The molecule has 0 fully saturated rings. The highest BCUT2D eigenvalue weighted by atomic mass is 16.6. The van der Waals surface area contributed by atoms with E-state index in [0.717, 1.165) is 24.3 Å². The standard InChI is InChI=1S/C32H18N4O9/c37-33(38)21-11-13-25(27(17-21)35(41)42)31-23-7-3-1-5-19(23)9-15-29(31)45-30-16-10-20-6-2-4-8-24(20)32(30)26-14-12-22(34(39)40)18-28(26)36(43)44/h1-18H. The van der Waals surface area contributed by atoms with Crippen LogP contribution in [0.3, 0.4) is 0 Å². The molecule has 0 radical (unpaired) electrons. The lowest BCUT2D eigenvalue weighted by molar-refractivity contribution is -0.394. The molecule has 0 aliphatic rings. The maximum atomic E-state index is 12.2. The van der Waals surface area contributed by atoms with Crippen LogP contribution in [0.15, 0.2) is 109 Å². The number of hydrogen-bond acceptors (Lipinski definition) is 9. The Labute approximate surface area is 252 Å². The van der Waals surface area contributed by atoms with Crippen molar-refractivity contribution in [2.24, 2.45) is 0 Å². The fraction of sp³-hybridized carbons (Fsp3) is 0. The normalized spacial score (nSPS) is 10.9. The Balaban J connectivity index is 1.64. The lowest BCUT2D eigenvalue weighted by Crippen LogP contribution is -1.99. The minimum atomic E-state index is -0.726. The van der Waals surface area contributed by atoms with Crippen LogP contribution in [0.1, 0.15) is 0 Å². The van der Waals surface area contributed by atoms with Crippen molar-refractivity contribution < 1.29 is 24.4 Å². The first-order valence-corrected chi connectivity index (χ1v) is 13.2. The van der Waals surface area contributed by atoms with Gasteiger partial charge < -0.3 is 4.74 Å². The van der Waals surface area contributed by atoms with Crippen molar-refractivity contribution in [2.75, 3.05) is 0 Å². The first-order chi connectivity index (χ1) is 21.6. The van der Waals surface area contributed by atoms with Gasteiger partial charge in [-0.15, -0.1) is 0 Å². The van der Waals surface area contributed by atoms with Crippen LogP contribution in [0.2, 0.25) is 0 Å². The third kappa shape index (κ3) is 5.10. The third-order valence-corrected chi connectivity index (χ3v) is 7.32. The highest BCUT2D eigenvalue weighted by molar-refractivity contribution is 6.04. The summed E-state index contributed by atoms with van der Waals surface area (Å²) in [5, 5.41) is 49.7. The van der Waals surface area contributed by atoms with Gasteiger partial charge in [0.1, 0.15) is 11.5 Å². The minimum absolute atomic E-state index is 0.0565. The fourth-order valence-corrected chi connectivity index (χ4v) is 5.34. The van der Waals surface area contributed by atoms with Crippen LogP contribution in [0.4, 0.5) is 22.7 Å². The second kappa shape index (κ2) is 11.1. The Morgan fingerprint density at radius 3 is 1.22 bits per heavy atom. The van der Waals surface area contributed by atoms with Gasteiger partial charge in [-0.25, -0.2) is 0 Å². The molecule has 0 saturated carbocycles. The first kappa shape index (κ1) is 28.4. The zero-order chi connectivity index (χ0) is 31.8. The van der Waals surface area contributed by atoms with E-state index in [1.165, 1.54) is 12.1 Å². The summed E-state index contributed by atoms with van der Waals surface area (Å²) in [6, 6.07) is 27.4. The van der Waals surface area contributed by atoms with Crippen molar-refractivity contribution in [3.63, 3.8) is 0 Å². The second-order valence-corrected chi connectivity index (χ2v) is 9.85. The van der Waals surface area contributed by atoms with E-state index in [1.54, 1.807) is 72.8 Å². The molecule has 45 heavy (non-hydrogen) atoms. The first-order valence-electron chi connectivity index (χ1n) is 13.2. The SMILES string of the molecule is O=[N+]([O-])c1ccc(-c2c(Oc3ccc4ccccc4c3-c3ccc([N+](=O)[O-])cc3[N+](=O)[O-])ccc3ccccc23)c([N+](=O)[O-])c1. The van der Waals surface area contributed by atoms with Crippen LogP contribution in [0.5, 0.6) is 11.5 Å². The summed E-state index contributed by atoms with van der Waals surface area (Å²) in [7, 11) is 0. The minimum Gasteiger partial charge on any atom is -0.456 e. The number of benzene rings is 6. The summed E-state index contributed by atoms with van der Waals surface area (Å²) in [6.07, 6.45) is 0. The Bertz CT molecular complexity index is 2080. The zero-order valence-electron chi connectivity index (χ0n) is 22.9. The Morgan fingerprint density at radius 2 is 0.844 bits per heavy atom. The van der Waals surface area contributed by atoms with Crippen molar-refractivity contribution in [2.45, 2.75) is 0 Å². The van der Waals surface area contributed by atoms with E-state index in [4.69, 9.17) is 4.74 Å². The van der Waals surface area contributed by atoms with Crippen molar-refractivity contribution in [3.8, 4) is 33.8 Å². The van der Waals surface area contributed by atoms with E-state index >= 15 is 0 Å². The van der Waals surface area contributed by atoms with Crippen molar-refractivity contribution >= 4 is 44.3 Å². The summed E-state index contributed by atoms with van der Waals surface area (Å²) >= 11 is 0. The van der Waals surface area contributed by atoms with E-state index in [2.05, 4.69) is 0 Å². The van der Waals surface area contributed by atoms with E-state index in [0.29, 0.717) is 21.5 Å². The Morgan fingerprint density at radius 1 is 0.444 bits per heavy atom. The molecule has 0 N–H and O–H groups in total. The topological polar surface area (TPSA) is 182 Å². The van der Waals surface area contributed by atoms with Crippen LogP contribution in [-0.4, -0.2) is 19.7 Å². The number of nitro benzene ring substituents is 4. The Kier molecular flexibility index (Phi) is 7.03. The zero-order valence-corrected chi connectivity index (χ0v) is 22.9. The smallest absolute Gasteiger partial charge is 0.284 e. The number of nitro groups is 4. The van der Waals surface area contributed by atoms with Gasteiger partial charge in [-0.1, -0.05) is 60.7 Å². The van der Waals surface area contributed by atoms with Crippen molar-refractivity contribution in [3.05, 3.63) is 150 Å². The molecule has 13 nitrogen and oxygen atoms in total. The molecule has 0 aliphatic heterocycles. The average Bonchev–Trinajstić information content (AvgIpc) is 3.04. The number of hydrogen-bond donors (Lipinski definition) is 0. The van der Waals surface area contributed by atoms with Crippen molar-refractivity contribution in [1.29, 1.82) is 0 Å². The van der Waals surface area contributed by atoms with E-state index < -0.39 is 42.4 Å². The molecule has 0 aliphatic carbocycles. The van der Waals surface area contributed by atoms with E-state index in [1.807, 2.05) is 0 Å². The molecule has 13 heteroatoms. The van der Waals surface area contributed by atoms with Gasteiger partial charge in [0.2, 0.25) is 0 Å². The number of non-ortho nitro benzene ring substituents is 2. The maximum Gasteiger partial charge on any atom is 0.284 e. The van der Waals surface area contributed by atoms with Gasteiger partial charge >= 0.3 is 0 Å². The molecule has 0 unspecified atom stereocenters. The van der Waals surface area contributed by atoms with Gasteiger partial charge in [0.25, 0.3) is 22.7 Å². The maximum absolute atomic E-state index is 12.2. The Hall–Kier alpha value is -6.76. The van der Waals surface area contributed by atoms with Gasteiger partial charge in [-0.3, -0.25) is 40.5 Å².